The van der Waals surface area contributed by atoms with Gasteiger partial charge in [-0.1, -0.05) is 13.0 Å². The number of benzene rings is 1. The summed E-state index contributed by atoms with van der Waals surface area (Å²) in [6.45, 7) is 3.94. The van der Waals surface area contributed by atoms with Gasteiger partial charge in [0.25, 0.3) is 0 Å². The number of hydrogen-bond donors (Lipinski definition) is 1. The Morgan fingerprint density at radius 3 is 2.67 bits per heavy atom. The van der Waals surface area contributed by atoms with E-state index in [9.17, 15) is 12.8 Å². The Morgan fingerprint density at radius 2 is 2.11 bits per heavy atom. The third-order valence-electron chi connectivity index (χ3n) is 2.75. The van der Waals surface area contributed by atoms with Crippen molar-refractivity contribution < 1.29 is 12.8 Å². The lowest BCUT2D eigenvalue weighted by Gasteiger charge is -2.14. The Balaban J connectivity index is 2.55. The molecule has 0 aliphatic heterocycles. The minimum atomic E-state index is -2.94. The molecular formula is C12H17BrFNO2S. The van der Waals surface area contributed by atoms with Gasteiger partial charge in [-0.25, -0.2) is 12.8 Å². The van der Waals surface area contributed by atoms with E-state index in [1.165, 1.54) is 6.07 Å². The topological polar surface area (TPSA) is 46.2 Å². The average Bonchev–Trinajstić information content (AvgIpc) is 2.32. The fourth-order valence-electron chi connectivity index (χ4n) is 1.47. The molecule has 1 N–H and O–H groups in total. The SMILES string of the molecule is CCS(=O)(=O)CCNC(C)c1ccc(F)c(Br)c1. The first-order chi connectivity index (χ1) is 8.35. The Hall–Kier alpha value is -0.460. The molecule has 3 nitrogen and oxygen atoms in total. The van der Waals surface area contributed by atoms with Gasteiger partial charge in [0.2, 0.25) is 0 Å². The summed E-state index contributed by atoms with van der Waals surface area (Å²) in [5, 5.41) is 3.11. The summed E-state index contributed by atoms with van der Waals surface area (Å²) in [5.74, 6) is -0.0269. The van der Waals surface area contributed by atoms with E-state index in [-0.39, 0.29) is 23.4 Å². The average molecular weight is 338 g/mol. The highest BCUT2D eigenvalue weighted by Gasteiger charge is 2.10. The van der Waals surface area contributed by atoms with Crippen LogP contribution in [-0.4, -0.2) is 26.5 Å². The van der Waals surface area contributed by atoms with Gasteiger partial charge in [0.05, 0.1) is 10.2 Å². The number of nitrogens with one attached hydrogen (secondary N) is 1. The largest absolute Gasteiger partial charge is 0.309 e. The van der Waals surface area contributed by atoms with Gasteiger partial charge in [-0.05, 0) is 40.5 Å². The summed E-state index contributed by atoms with van der Waals surface area (Å²) in [6.07, 6.45) is 0. The van der Waals surface area contributed by atoms with Crippen LogP contribution in [0.15, 0.2) is 22.7 Å². The molecule has 0 amide bonds. The zero-order valence-corrected chi connectivity index (χ0v) is 12.8. The van der Waals surface area contributed by atoms with Gasteiger partial charge in [-0.15, -0.1) is 0 Å². The molecule has 0 aliphatic rings. The normalized spacial score (nSPS) is 13.6. The molecular weight excluding hydrogens is 321 g/mol. The summed E-state index contributed by atoms with van der Waals surface area (Å²) in [6, 6.07) is 4.75. The zero-order chi connectivity index (χ0) is 13.8. The van der Waals surface area contributed by atoms with Crippen LogP contribution in [0.25, 0.3) is 0 Å². The minimum Gasteiger partial charge on any atom is -0.309 e. The standard InChI is InChI=1S/C12H17BrFNO2S/c1-3-18(16,17)7-6-15-9(2)10-4-5-12(14)11(13)8-10/h4-5,8-9,15H,3,6-7H2,1-2H3. The molecule has 1 unspecified atom stereocenters. The molecule has 1 atom stereocenters. The molecule has 0 aliphatic carbocycles. The Kier molecular flexibility index (Phi) is 5.75. The molecule has 1 aromatic carbocycles. The van der Waals surface area contributed by atoms with E-state index >= 15 is 0 Å². The number of sulfone groups is 1. The van der Waals surface area contributed by atoms with Gasteiger partial charge >= 0.3 is 0 Å². The van der Waals surface area contributed by atoms with E-state index in [0.29, 0.717) is 11.0 Å². The van der Waals surface area contributed by atoms with Gasteiger partial charge in [0.15, 0.2) is 9.84 Å². The summed E-state index contributed by atoms with van der Waals surface area (Å²) >= 11 is 3.13. The van der Waals surface area contributed by atoms with Gasteiger partial charge in [0.1, 0.15) is 5.82 Å². The predicted molar refractivity (Wildman–Crippen MR) is 74.8 cm³/mol. The molecule has 18 heavy (non-hydrogen) atoms. The molecule has 0 saturated heterocycles. The highest BCUT2D eigenvalue weighted by atomic mass is 79.9. The van der Waals surface area contributed by atoms with E-state index in [1.807, 2.05) is 6.92 Å². The van der Waals surface area contributed by atoms with Crippen molar-refractivity contribution in [2.75, 3.05) is 18.1 Å². The summed E-state index contributed by atoms with van der Waals surface area (Å²) in [7, 11) is -2.94. The van der Waals surface area contributed by atoms with E-state index < -0.39 is 9.84 Å². The molecule has 0 bridgehead atoms. The van der Waals surface area contributed by atoms with Crippen LogP contribution in [0.2, 0.25) is 0 Å². The Bertz CT molecular complexity index is 505. The molecule has 0 spiro atoms. The van der Waals surface area contributed by atoms with Crippen LogP contribution in [0.5, 0.6) is 0 Å². The van der Waals surface area contributed by atoms with Crippen LogP contribution >= 0.6 is 15.9 Å². The lowest BCUT2D eigenvalue weighted by atomic mass is 10.1. The summed E-state index contributed by atoms with van der Waals surface area (Å²) in [4.78, 5) is 0. The molecule has 0 radical (unpaired) electrons. The second kappa shape index (κ2) is 6.63. The van der Waals surface area contributed by atoms with Crippen LogP contribution in [-0.2, 0) is 9.84 Å². The third kappa shape index (κ3) is 4.66. The molecule has 1 aromatic rings. The van der Waals surface area contributed by atoms with E-state index in [4.69, 9.17) is 0 Å². The molecule has 0 heterocycles. The highest BCUT2D eigenvalue weighted by molar-refractivity contribution is 9.10. The van der Waals surface area contributed by atoms with Crippen LogP contribution in [0.1, 0.15) is 25.5 Å². The third-order valence-corrected chi connectivity index (χ3v) is 5.06. The number of halogens is 2. The minimum absolute atomic E-state index is 0.0195. The van der Waals surface area contributed by atoms with E-state index in [1.54, 1.807) is 19.1 Å². The monoisotopic (exact) mass is 337 g/mol. The van der Waals surface area contributed by atoms with Crippen LogP contribution < -0.4 is 5.32 Å². The van der Waals surface area contributed by atoms with Crippen LogP contribution in [0.3, 0.4) is 0 Å². The smallest absolute Gasteiger partial charge is 0.151 e. The van der Waals surface area contributed by atoms with E-state index in [0.717, 1.165) is 5.56 Å². The van der Waals surface area contributed by atoms with Crippen molar-refractivity contribution in [1.82, 2.24) is 5.32 Å². The lowest BCUT2D eigenvalue weighted by Crippen LogP contribution is -2.26. The molecule has 0 saturated carbocycles. The van der Waals surface area contributed by atoms with E-state index in [2.05, 4.69) is 21.2 Å². The van der Waals surface area contributed by atoms with Crippen molar-refractivity contribution in [1.29, 1.82) is 0 Å². The summed E-state index contributed by atoms with van der Waals surface area (Å²) < 4.78 is 36.1. The first-order valence-corrected chi connectivity index (χ1v) is 8.36. The van der Waals surface area contributed by atoms with Crippen molar-refractivity contribution in [3.63, 3.8) is 0 Å². The molecule has 6 heteroatoms. The highest BCUT2D eigenvalue weighted by Crippen LogP contribution is 2.21. The fraction of sp³-hybridized carbons (Fsp3) is 0.500. The lowest BCUT2D eigenvalue weighted by molar-refractivity contribution is 0.571. The van der Waals surface area contributed by atoms with Crippen molar-refractivity contribution in [3.05, 3.63) is 34.1 Å². The quantitative estimate of drug-likeness (QED) is 0.867. The predicted octanol–water partition coefficient (Wildman–Crippen LogP) is 2.67. The zero-order valence-electron chi connectivity index (χ0n) is 10.4. The molecule has 0 fully saturated rings. The molecule has 102 valence electrons. The van der Waals surface area contributed by atoms with Crippen molar-refractivity contribution in [2.45, 2.75) is 19.9 Å². The Labute approximate surface area is 116 Å². The second-order valence-corrected chi connectivity index (χ2v) is 7.41. The van der Waals surface area contributed by atoms with Crippen molar-refractivity contribution in [2.24, 2.45) is 0 Å². The van der Waals surface area contributed by atoms with Crippen molar-refractivity contribution >= 4 is 25.8 Å². The maximum absolute atomic E-state index is 13.1. The Morgan fingerprint density at radius 1 is 1.44 bits per heavy atom. The molecule has 1 rings (SSSR count). The van der Waals surface area contributed by atoms with Crippen LogP contribution in [0, 0.1) is 5.82 Å². The maximum Gasteiger partial charge on any atom is 0.151 e. The first kappa shape index (κ1) is 15.6. The number of rotatable bonds is 6. The van der Waals surface area contributed by atoms with Crippen molar-refractivity contribution in [3.8, 4) is 0 Å². The van der Waals surface area contributed by atoms with Crippen LogP contribution in [0.4, 0.5) is 4.39 Å². The summed E-state index contributed by atoms with van der Waals surface area (Å²) in [5.41, 5.74) is 0.914. The molecule has 0 aromatic heterocycles. The number of hydrogen-bond acceptors (Lipinski definition) is 3. The maximum atomic E-state index is 13.1. The van der Waals surface area contributed by atoms with Gasteiger partial charge < -0.3 is 5.32 Å². The fourth-order valence-corrected chi connectivity index (χ4v) is 2.59. The second-order valence-electron chi connectivity index (χ2n) is 4.09. The first-order valence-electron chi connectivity index (χ1n) is 5.74. The van der Waals surface area contributed by atoms with Gasteiger partial charge in [-0.2, -0.15) is 0 Å². The van der Waals surface area contributed by atoms with Gasteiger partial charge in [-0.3, -0.25) is 0 Å². The van der Waals surface area contributed by atoms with Gasteiger partial charge in [0, 0.05) is 18.3 Å².